The number of carbonyl (C=O) groups is 1. The smallest absolute Gasteiger partial charge is 0.273 e. The van der Waals surface area contributed by atoms with Crippen LogP contribution in [0.4, 0.5) is 4.39 Å². The number of hydrogen-bond donors (Lipinski definition) is 1. The van der Waals surface area contributed by atoms with Crippen LogP contribution < -0.4 is 5.73 Å². The van der Waals surface area contributed by atoms with E-state index < -0.39 is 0 Å². The van der Waals surface area contributed by atoms with Crippen molar-refractivity contribution in [3.8, 4) is 10.6 Å². The van der Waals surface area contributed by atoms with E-state index in [1.165, 1.54) is 23.5 Å². The van der Waals surface area contributed by atoms with Crippen LogP contribution in [0.15, 0.2) is 29.6 Å². The summed E-state index contributed by atoms with van der Waals surface area (Å²) in [5.41, 5.74) is 7.05. The van der Waals surface area contributed by atoms with Crippen molar-refractivity contribution in [3.05, 3.63) is 41.2 Å². The predicted octanol–water partition coefficient (Wildman–Crippen LogP) is 3.60. The maximum absolute atomic E-state index is 13.0. The third-order valence-corrected chi connectivity index (χ3v) is 5.04. The first-order valence-electron chi connectivity index (χ1n) is 7.22. The first-order valence-corrected chi connectivity index (χ1v) is 8.09. The molecule has 3 rings (SSSR count). The lowest BCUT2D eigenvalue weighted by molar-refractivity contribution is 0.0772. The first-order chi connectivity index (χ1) is 10.5. The molecule has 0 radical (unpaired) electrons. The Hall–Kier alpha value is -1.21. The van der Waals surface area contributed by atoms with Gasteiger partial charge in [0, 0.05) is 24.0 Å². The van der Waals surface area contributed by atoms with Gasteiger partial charge >= 0.3 is 0 Å². The monoisotopic (exact) mass is 391 g/mol. The minimum Gasteiger partial charge on any atom is -0.337 e. The van der Waals surface area contributed by atoms with Crippen molar-refractivity contribution >= 4 is 42.1 Å². The van der Waals surface area contributed by atoms with Gasteiger partial charge in [-0.3, -0.25) is 4.79 Å². The topological polar surface area (TPSA) is 59.2 Å². The number of rotatable bonds is 3. The highest BCUT2D eigenvalue weighted by Crippen LogP contribution is 2.30. The number of likely N-dealkylation sites (tertiary alicyclic amines) is 1. The van der Waals surface area contributed by atoms with E-state index in [-0.39, 0.29) is 42.0 Å². The Labute approximate surface area is 157 Å². The maximum Gasteiger partial charge on any atom is 0.273 e. The predicted molar refractivity (Wildman–Crippen MR) is 99.7 cm³/mol. The number of halogens is 3. The van der Waals surface area contributed by atoms with Crippen molar-refractivity contribution < 1.29 is 9.18 Å². The van der Waals surface area contributed by atoms with Gasteiger partial charge in [0.2, 0.25) is 0 Å². The molecule has 4 nitrogen and oxygen atoms in total. The number of carbonyl (C=O) groups excluding carboxylic acids is 1. The fraction of sp³-hybridized carbons (Fsp3) is 0.375. The quantitative estimate of drug-likeness (QED) is 0.868. The highest BCUT2D eigenvalue weighted by atomic mass is 35.5. The van der Waals surface area contributed by atoms with Crippen molar-refractivity contribution in [2.24, 2.45) is 11.1 Å². The second kappa shape index (κ2) is 8.25. The Morgan fingerprint density at radius 3 is 2.62 bits per heavy atom. The molecule has 24 heavy (non-hydrogen) atoms. The van der Waals surface area contributed by atoms with E-state index in [0.29, 0.717) is 18.8 Å². The Kier molecular flexibility index (Phi) is 7.16. The van der Waals surface area contributed by atoms with Gasteiger partial charge < -0.3 is 10.6 Å². The molecule has 2 aromatic rings. The van der Waals surface area contributed by atoms with E-state index in [2.05, 4.69) is 11.9 Å². The zero-order valence-electron chi connectivity index (χ0n) is 13.2. The van der Waals surface area contributed by atoms with Crippen molar-refractivity contribution in [3.63, 3.8) is 0 Å². The van der Waals surface area contributed by atoms with Gasteiger partial charge in [0.05, 0.1) is 0 Å². The van der Waals surface area contributed by atoms with Gasteiger partial charge in [-0.05, 0) is 42.6 Å². The highest BCUT2D eigenvalue weighted by Gasteiger charge is 2.35. The van der Waals surface area contributed by atoms with Crippen molar-refractivity contribution in [1.29, 1.82) is 0 Å². The van der Waals surface area contributed by atoms with Gasteiger partial charge in [0.15, 0.2) is 0 Å². The molecular weight excluding hydrogens is 372 g/mol. The zero-order chi connectivity index (χ0) is 15.7. The van der Waals surface area contributed by atoms with E-state index >= 15 is 0 Å². The number of hydrogen-bond acceptors (Lipinski definition) is 4. The highest BCUT2D eigenvalue weighted by molar-refractivity contribution is 7.13. The van der Waals surface area contributed by atoms with Crippen LogP contribution in [0.3, 0.4) is 0 Å². The Morgan fingerprint density at radius 2 is 2.04 bits per heavy atom. The second-order valence-corrected chi connectivity index (χ2v) is 6.89. The average molecular weight is 392 g/mol. The summed E-state index contributed by atoms with van der Waals surface area (Å²) in [5.74, 6) is -0.337. The molecule has 1 fully saturated rings. The molecule has 1 aromatic heterocycles. The standard InChI is InChI=1S/C16H18FN3OS.2ClH/c1-16(9-18)6-7-20(10-16)15(21)13-8-22-14(19-13)11-2-4-12(17)5-3-11;;/h2-5,8H,6-7,9-10,18H2,1H3;2*1H. The largest absolute Gasteiger partial charge is 0.337 e. The summed E-state index contributed by atoms with van der Waals surface area (Å²) in [6.07, 6.45) is 0.921. The molecule has 132 valence electrons. The maximum atomic E-state index is 13.0. The average Bonchev–Trinajstić information content (AvgIpc) is 3.15. The van der Waals surface area contributed by atoms with Crippen LogP contribution >= 0.6 is 36.2 Å². The lowest BCUT2D eigenvalue weighted by Crippen LogP contribution is -2.34. The number of amides is 1. The number of thiazole rings is 1. The molecule has 0 spiro atoms. The van der Waals surface area contributed by atoms with Crippen molar-refractivity contribution in [2.75, 3.05) is 19.6 Å². The summed E-state index contributed by atoms with van der Waals surface area (Å²) >= 11 is 1.40. The summed E-state index contributed by atoms with van der Waals surface area (Å²) in [6, 6.07) is 6.13. The number of nitrogens with zero attached hydrogens (tertiary/aromatic N) is 2. The third kappa shape index (κ3) is 4.25. The lowest BCUT2D eigenvalue weighted by Gasteiger charge is -2.22. The molecule has 0 bridgehead atoms. The van der Waals surface area contributed by atoms with Gasteiger partial charge in [-0.25, -0.2) is 9.37 Å². The Bertz CT molecular complexity index is 695. The summed E-state index contributed by atoms with van der Waals surface area (Å²) in [4.78, 5) is 18.7. The fourth-order valence-electron chi connectivity index (χ4n) is 2.62. The SMILES string of the molecule is CC1(CN)CCN(C(=O)c2csc(-c3ccc(F)cc3)n2)C1.Cl.Cl. The lowest BCUT2D eigenvalue weighted by atomic mass is 9.90. The molecule has 2 N–H and O–H groups in total. The van der Waals surface area contributed by atoms with Gasteiger partial charge in [0.25, 0.3) is 5.91 Å². The van der Waals surface area contributed by atoms with Crippen LogP contribution in [0.2, 0.25) is 0 Å². The number of benzene rings is 1. The van der Waals surface area contributed by atoms with Gasteiger partial charge in [-0.15, -0.1) is 36.2 Å². The molecule has 8 heteroatoms. The fourth-order valence-corrected chi connectivity index (χ4v) is 3.42. The van der Waals surface area contributed by atoms with Crippen LogP contribution in [0.5, 0.6) is 0 Å². The molecule has 0 aliphatic carbocycles. The molecule has 1 amide bonds. The summed E-state index contributed by atoms with van der Waals surface area (Å²) in [6.45, 7) is 4.07. The van der Waals surface area contributed by atoms with Crippen LogP contribution in [0, 0.1) is 11.2 Å². The van der Waals surface area contributed by atoms with Gasteiger partial charge in [-0.1, -0.05) is 6.92 Å². The van der Waals surface area contributed by atoms with E-state index in [1.54, 1.807) is 17.5 Å². The first kappa shape index (κ1) is 20.8. The van der Waals surface area contributed by atoms with Crippen molar-refractivity contribution in [1.82, 2.24) is 9.88 Å². The second-order valence-electron chi connectivity index (χ2n) is 6.04. The molecule has 1 aliphatic rings. The molecule has 1 atom stereocenters. The van der Waals surface area contributed by atoms with Gasteiger partial charge in [-0.2, -0.15) is 0 Å². The molecule has 1 saturated heterocycles. The van der Waals surface area contributed by atoms with Crippen LogP contribution in [0.1, 0.15) is 23.8 Å². The number of aromatic nitrogens is 1. The third-order valence-electron chi connectivity index (χ3n) is 4.15. The minimum atomic E-state index is -0.283. The Morgan fingerprint density at radius 1 is 1.38 bits per heavy atom. The molecule has 0 saturated carbocycles. The summed E-state index contributed by atoms with van der Waals surface area (Å²) < 4.78 is 13.0. The minimum absolute atomic E-state index is 0. The summed E-state index contributed by atoms with van der Waals surface area (Å²) in [5, 5.41) is 2.49. The molecule has 2 heterocycles. The number of nitrogens with two attached hydrogens (primary N) is 1. The molecule has 1 aromatic carbocycles. The van der Waals surface area contributed by atoms with Crippen molar-refractivity contribution in [2.45, 2.75) is 13.3 Å². The van der Waals surface area contributed by atoms with E-state index in [9.17, 15) is 9.18 Å². The Balaban J connectivity index is 0.00000144. The zero-order valence-corrected chi connectivity index (χ0v) is 15.6. The molecule has 1 unspecified atom stereocenters. The van der Waals surface area contributed by atoms with E-state index in [1.807, 2.05) is 4.90 Å². The van der Waals surface area contributed by atoms with Crippen LogP contribution in [0.25, 0.3) is 10.6 Å². The van der Waals surface area contributed by atoms with E-state index in [0.717, 1.165) is 23.5 Å². The van der Waals surface area contributed by atoms with Gasteiger partial charge in [0.1, 0.15) is 16.5 Å². The normalized spacial score (nSPS) is 19.5. The van der Waals surface area contributed by atoms with E-state index in [4.69, 9.17) is 5.73 Å². The van der Waals surface area contributed by atoms with Crippen LogP contribution in [-0.2, 0) is 0 Å². The molecular formula is C16H20Cl2FN3OS. The molecule has 1 aliphatic heterocycles. The summed E-state index contributed by atoms with van der Waals surface area (Å²) in [7, 11) is 0. The van der Waals surface area contributed by atoms with Crippen LogP contribution in [-0.4, -0.2) is 35.4 Å².